The van der Waals surface area contributed by atoms with E-state index in [0.29, 0.717) is 18.5 Å². The minimum atomic E-state index is -0.547. The van der Waals surface area contributed by atoms with Crippen LogP contribution in [0.15, 0.2) is 18.2 Å². The normalized spacial score (nSPS) is 29.9. The van der Waals surface area contributed by atoms with Crippen LogP contribution in [0.2, 0.25) is 0 Å². The van der Waals surface area contributed by atoms with Gasteiger partial charge in [-0.05, 0) is 74.3 Å². The molecule has 4 aliphatic rings. The first-order valence-corrected chi connectivity index (χ1v) is 11.3. The van der Waals surface area contributed by atoms with E-state index in [-0.39, 0.29) is 24.1 Å². The highest BCUT2D eigenvalue weighted by Crippen LogP contribution is 2.31. The second kappa shape index (κ2) is 8.12. The summed E-state index contributed by atoms with van der Waals surface area (Å²) in [5, 5.41) is 5.86. The van der Waals surface area contributed by atoms with Gasteiger partial charge in [-0.3, -0.25) is 24.6 Å². The van der Waals surface area contributed by atoms with Gasteiger partial charge >= 0.3 is 0 Å². The lowest BCUT2D eigenvalue weighted by Gasteiger charge is -2.35. The number of likely N-dealkylation sites (tertiary alicyclic amines) is 1. The lowest BCUT2D eigenvalue weighted by molar-refractivity contribution is -0.136. The van der Waals surface area contributed by atoms with E-state index in [1.807, 2.05) is 6.07 Å². The number of rotatable bonds is 4. The molecule has 0 aliphatic carbocycles. The van der Waals surface area contributed by atoms with Gasteiger partial charge in [0.05, 0.1) is 0 Å². The van der Waals surface area contributed by atoms with Gasteiger partial charge in [0.15, 0.2) is 0 Å². The lowest BCUT2D eigenvalue weighted by atomic mass is 9.85. The number of piperidine rings is 2. The molecule has 7 nitrogen and oxygen atoms in total. The van der Waals surface area contributed by atoms with Crippen LogP contribution in [-0.4, -0.2) is 59.7 Å². The van der Waals surface area contributed by atoms with Gasteiger partial charge in [0, 0.05) is 31.6 Å². The van der Waals surface area contributed by atoms with Crippen LogP contribution in [0.5, 0.6) is 0 Å². The van der Waals surface area contributed by atoms with Crippen LogP contribution in [0.4, 0.5) is 0 Å². The van der Waals surface area contributed by atoms with Crippen LogP contribution in [0, 0.1) is 11.8 Å². The average Bonchev–Trinajstić information content (AvgIpc) is 3.37. The molecule has 30 heavy (non-hydrogen) atoms. The molecule has 0 aromatic heterocycles. The maximum atomic E-state index is 12.9. The summed E-state index contributed by atoms with van der Waals surface area (Å²) in [6.07, 6.45) is 4.59. The van der Waals surface area contributed by atoms with Crippen molar-refractivity contribution in [2.24, 2.45) is 11.8 Å². The molecule has 0 radical (unpaired) electrons. The van der Waals surface area contributed by atoms with Crippen LogP contribution >= 0.6 is 0 Å². The first kappa shape index (κ1) is 19.7. The molecule has 3 atom stereocenters. The largest absolute Gasteiger partial charge is 0.322 e. The zero-order valence-electron chi connectivity index (χ0n) is 17.4. The molecule has 7 heteroatoms. The topological polar surface area (TPSA) is 81.8 Å². The Morgan fingerprint density at radius 2 is 1.97 bits per heavy atom. The second-order valence-corrected chi connectivity index (χ2v) is 9.28. The number of carbonyl (C=O) groups excluding carboxylic acids is 3. The molecule has 0 saturated carbocycles. The Labute approximate surface area is 177 Å². The van der Waals surface area contributed by atoms with Crippen molar-refractivity contribution >= 4 is 17.7 Å². The fourth-order valence-corrected chi connectivity index (χ4v) is 5.68. The number of benzene rings is 1. The fourth-order valence-electron chi connectivity index (χ4n) is 5.68. The van der Waals surface area contributed by atoms with E-state index >= 15 is 0 Å². The van der Waals surface area contributed by atoms with Crippen LogP contribution < -0.4 is 10.6 Å². The van der Waals surface area contributed by atoms with Crippen LogP contribution in [0.1, 0.15) is 53.6 Å². The highest BCUT2D eigenvalue weighted by Gasteiger charge is 2.39. The summed E-state index contributed by atoms with van der Waals surface area (Å²) in [7, 11) is 0. The molecular formula is C23H30N4O3. The van der Waals surface area contributed by atoms with Gasteiger partial charge < -0.3 is 10.2 Å². The number of amides is 3. The van der Waals surface area contributed by atoms with Gasteiger partial charge in [-0.1, -0.05) is 12.1 Å². The van der Waals surface area contributed by atoms with E-state index in [1.54, 1.807) is 4.90 Å². The maximum absolute atomic E-state index is 12.9. The second-order valence-electron chi connectivity index (χ2n) is 9.28. The van der Waals surface area contributed by atoms with Crippen LogP contribution in [0.25, 0.3) is 0 Å². The molecule has 3 saturated heterocycles. The molecular weight excluding hydrogens is 380 g/mol. The Kier molecular flexibility index (Phi) is 5.33. The predicted molar refractivity (Wildman–Crippen MR) is 111 cm³/mol. The van der Waals surface area contributed by atoms with Gasteiger partial charge in [-0.15, -0.1) is 0 Å². The molecule has 5 rings (SSSR count). The zero-order valence-corrected chi connectivity index (χ0v) is 17.4. The summed E-state index contributed by atoms with van der Waals surface area (Å²) < 4.78 is 0. The number of hydrogen-bond donors (Lipinski definition) is 2. The van der Waals surface area contributed by atoms with Crippen molar-refractivity contribution in [3.05, 3.63) is 34.9 Å². The molecule has 1 aromatic carbocycles. The summed E-state index contributed by atoms with van der Waals surface area (Å²) in [5.74, 6) is 0.891. The number of carbonyl (C=O) groups is 3. The first-order chi connectivity index (χ1) is 14.6. The van der Waals surface area contributed by atoms with Gasteiger partial charge in [0.1, 0.15) is 6.04 Å². The predicted octanol–water partition coefficient (Wildman–Crippen LogP) is 1.27. The molecule has 2 N–H and O–H groups in total. The van der Waals surface area contributed by atoms with Crippen LogP contribution in [0.3, 0.4) is 0 Å². The maximum Gasteiger partial charge on any atom is 0.255 e. The van der Waals surface area contributed by atoms with Gasteiger partial charge in [0.25, 0.3) is 5.91 Å². The Morgan fingerprint density at radius 1 is 1.07 bits per heavy atom. The number of imide groups is 1. The van der Waals surface area contributed by atoms with Gasteiger partial charge in [-0.25, -0.2) is 0 Å². The van der Waals surface area contributed by atoms with Crippen molar-refractivity contribution in [2.45, 2.75) is 51.2 Å². The number of fused-ring (bicyclic) bond motifs is 1. The van der Waals surface area contributed by atoms with E-state index in [2.05, 4.69) is 27.7 Å². The summed E-state index contributed by atoms with van der Waals surface area (Å²) in [4.78, 5) is 40.7. The quantitative estimate of drug-likeness (QED) is 0.731. The van der Waals surface area contributed by atoms with Gasteiger partial charge in [-0.2, -0.15) is 0 Å². The third-order valence-electron chi connectivity index (χ3n) is 7.30. The van der Waals surface area contributed by atoms with E-state index in [4.69, 9.17) is 0 Å². The molecule has 0 bridgehead atoms. The van der Waals surface area contributed by atoms with E-state index in [9.17, 15) is 14.4 Å². The Balaban J connectivity index is 1.25. The van der Waals surface area contributed by atoms with Crippen molar-refractivity contribution in [3.63, 3.8) is 0 Å². The van der Waals surface area contributed by atoms with E-state index in [1.165, 1.54) is 24.8 Å². The number of hydrogen-bond acceptors (Lipinski definition) is 5. The van der Waals surface area contributed by atoms with Crippen LogP contribution in [-0.2, 0) is 22.7 Å². The molecule has 3 amide bonds. The summed E-state index contributed by atoms with van der Waals surface area (Å²) in [6.45, 7) is 5.97. The Hall–Kier alpha value is -2.25. The highest BCUT2D eigenvalue weighted by molar-refractivity contribution is 6.05. The Morgan fingerprint density at radius 3 is 2.77 bits per heavy atom. The summed E-state index contributed by atoms with van der Waals surface area (Å²) in [5.41, 5.74) is 2.92. The zero-order chi connectivity index (χ0) is 20.7. The monoisotopic (exact) mass is 410 g/mol. The fraction of sp³-hybridized carbons (Fsp3) is 0.609. The molecule has 3 fully saturated rings. The highest BCUT2D eigenvalue weighted by atomic mass is 16.2. The SMILES string of the molecule is O=C1CCC(N2Cc3cc(CN4CCCC(C5CCNC5)C4)ccc3C2=O)C(=O)N1. The molecule has 4 heterocycles. The van der Waals surface area contributed by atoms with Crippen molar-refractivity contribution in [2.75, 3.05) is 26.2 Å². The molecule has 160 valence electrons. The van der Waals surface area contributed by atoms with Crippen molar-refractivity contribution in [1.29, 1.82) is 0 Å². The minimum absolute atomic E-state index is 0.0992. The first-order valence-electron chi connectivity index (χ1n) is 11.3. The molecule has 3 unspecified atom stereocenters. The summed E-state index contributed by atoms with van der Waals surface area (Å²) in [6, 6.07) is 5.57. The standard InChI is InChI=1S/C23H30N4O3/c28-21-6-5-20(22(29)25-21)27-14-18-10-15(3-4-19(18)23(27)30)12-26-9-1-2-17(13-26)16-7-8-24-11-16/h3-4,10,16-17,20,24H,1-2,5-9,11-14H2,(H,25,28,29). The summed E-state index contributed by atoms with van der Waals surface area (Å²) >= 11 is 0. The lowest BCUT2D eigenvalue weighted by Crippen LogP contribution is -2.52. The third kappa shape index (κ3) is 3.76. The minimum Gasteiger partial charge on any atom is -0.322 e. The molecule has 1 aromatic rings. The van der Waals surface area contributed by atoms with Crippen molar-refractivity contribution in [3.8, 4) is 0 Å². The van der Waals surface area contributed by atoms with Crippen molar-refractivity contribution < 1.29 is 14.4 Å². The van der Waals surface area contributed by atoms with E-state index < -0.39 is 6.04 Å². The number of nitrogens with one attached hydrogen (secondary N) is 2. The van der Waals surface area contributed by atoms with Crippen molar-refractivity contribution in [1.82, 2.24) is 20.4 Å². The molecule has 4 aliphatic heterocycles. The van der Waals surface area contributed by atoms with E-state index in [0.717, 1.165) is 50.1 Å². The Bertz CT molecular complexity index is 864. The third-order valence-corrected chi connectivity index (χ3v) is 7.30. The average molecular weight is 411 g/mol. The smallest absolute Gasteiger partial charge is 0.255 e. The number of nitrogens with zero attached hydrogens (tertiary/aromatic N) is 2. The van der Waals surface area contributed by atoms with Gasteiger partial charge in [0.2, 0.25) is 11.8 Å². The molecule has 0 spiro atoms.